The minimum atomic E-state index is -4.80. The Morgan fingerprint density at radius 3 is 2.30 bits per heavy atom. The zero-order valence-corrected chi connectivity index (χ0v) is 25.9. The molecule has 1 saturated carbocycles. The van der Waals surface area contributed by atoms with Gasteiger partial charge < -0.3 is 14.5 Å². The number of hydrogen-bond acceptors (Lipinski definition) is 6. The number of halogens is 5. The van der Waals surface area contributed by atoms with Crippen molar-refractivity contribution < 1.29 is 44.7 Å². The van der Waals surface area contributed by atoms with E-state index in [2.05, 4.69) is 21.2 Å². The molecule has 0 bridgehead atoms. The van der Waals surface area contributed by atoms with Gasteiger partial charge in [0.15, 0.2) is 0 Å². The summed E-state index contributed by atoms with van der Waals surface area (Å²) in [4.78, 5) is 25.7. The molecule has 1 fully saturated rings. The molecule has 14 heteroatoms. The van der Waals surface area contributed by atoms with Gasteiger partial charge in [-0.05, 0) is 82.2 Å². The van der Waals surface area contributed by atoms with Crippen LogP contribution in [-0.4, -0.2) is 40.7 Å². The number of sulfonamides is 1. The Balaban J connectivity index is 1.73. The molecule has 44 heavy (non-hydrogen) atoms. The van der Waals surface area contributed by atoms with Gasteiger partial charge in [-0.2, -0.15) is 13.2 Å². The second-order valence-electron chi connectivity index (χ2n) is 10.3. The molecule has 1 aromatic heterocycles. The highest BCUT2D eigenvalue weighted by molar-refractivity contribution is 9.10. The zero-order chi connectivity index (χ0) is 32.1. The summed E-state index contributed by atoms with van der Waals surface area (Å²) >= 11 is 2.88. The lowest BCUT2D eigenvalue weighted by atomic mass is 9.99. The quantitative estimate of drug-likeness (QED) is 0.157. The maximum atomic E-state index is 13.7. The molecule has 0 atom stereocenters. The molecular formula is C30H25BrF4N2O6S. The van der Waals surface area contributed by atoms with Crippen molar-refractivity contribution in [3.05, 3.63) is 86.6 Å². The number of amides is 1. The Morgan fingerprint density at radius 2 is 1.75 bits per heavy atom. The highest BCUT2D eigenvalue weighted by Crippen LogP contribution is 2.48. The first kappa shape index (κ1) is 31.5. The lowest BCUT2D eigenvalue weighted by Crippen LogP contribution is -2.31. The molecule has 232 valence electrons. The molecule has 4 aromatic rings. The van der Waals surface area contributed by atoms with E-state index in [1.165, 1.54) is 37.4 Å². The second kappa shape index (κ2) is 11.5. The van der Waals surface area contributed by atoms with Crippen LogP contribution in [0.5, 0.6) is 0 Å². The summed E-state index contributed by atoms with van der Waals surface area (Å²) in [5, 5.41) is 2.97. The topological polar surface area (TPSA) is 106 Å². The molecular weight excluding hydrogens is 672 g/mol. The normalized spacial score (nSPS) is 13.6. The number of nitrogens with zero attached hydrogens (tertiary/aromatic N) is 1. The molecule has 1 aliphatic carbocycles. The van der Waals surface area contributed by atoms with Gasteiger partial charge in [-0.25, -0.2) is 17.6 Å². The number of furan rings is 1. The van der Waals surface area contributed by atoms with Gasteiger partial charge in [0, 0.05) is 28.5 Å². The molecule has 1 heterocycles. The van der Waals surface area contributed by atoms with Crippen LogP contribution in [0.15, 0.2) is 57.4 Å². The molecule has 5 rings (SSSR count). The van der Waals surface area contributed by atoms with Crippen molar-refractivity contribution in [2.24, 2.45) is 0 Å². The second-order valence-corrected chi connectivity index (χ2v) is 13.0. The predicted octanol–water partition coefficient (Wildman–Crippen LogP) is 7.01. The van der Waals surface area contributed by atoms with E-state index < -0.39 is 56.0 Å². The lowest BCUT2D eigenvalue weighted by molar-refractivity contribution is -0.138. The van der Waals surface area contributed by atoms with E-state index in [4.69, 9.17) is 9.15 Å². The molecule has 0 spiro atoms. The van der Waals surface area contributed by atoms with Crippen molar-refractivity contribution in [1.82, 2.24) is 5.32 Å². The van der Waals surface area contributed by atoms with E-state index in [0.717, 1.165) is 42.6 Å². The Kier molecular flexibility index (Phi) is 8.27. The van der Waals surface area contributed by atoms with E-state index in [0.29, 0.717) is 16.5 Å². The van der Waals surface area contributed by atoms with Crippen molar-refractivity contribution >= 4 is 54.5 Å². The molecule has 1 amide bonds. The Bertz CT molecular complexity index is 1900. The summed E-state index contributed by atoms with van der Waals surface area (Å²) < 4.78 is 92.5. The minimum absolute atomic E-state index is 0.0403. The Labute approximate surface area is 258 Å². The van der Waals surface area contributed by atoms with Crippen LogP contribution < -0.4 is 9.62 Å². The summed E-state index contributed by atoms with van der Waals surface area (Å²) in [6.45, 7) is -0.515. The number of hydrogen-bond donors (Lipinski definition) is 1. The van der Waals surface area contributed by atoms with Gasteiger partial charge in [-0.1, -0.05) is 6.07 Å². The minimum Gasteiger partial charge on any atom is -0.465 e. The summed E-state index contributed by atoms with van der Waals surface area (Å²) in [6.07, 6.45) is -2.40. The van der Waals surface area contributed by atoms with Gasteiger partial charge >= 0.3 is 12.1 Å². The van der Waals surface area contributed by atoms with Crippen LogP contribution in [0.3, 0.4) is 0 Å². The summed E-state index contributed by atoms with van der Waals surface area (Å²) in [5.74, 6) is -1.98. The van der Waals surface area contributed by atoms with Crippen molar-refractivity contribution in [1.29, 1.82) is 0 Å². The van der Waals surface area contributed by atoms with Gasteiger partial charge in [-0.3, -0.25) is 9.10 Å². The van der Waals surface area contributed by atoms with Gasteiger partial charge in [0.05, 0.1) is 42.3 Å². The maximum Gasteiger partial charge on any atom is 0.417 e. The number of esters is 1. The predicted molar refractivity (Wildman–Crippen MR) is 158 cm³/mol. The van der Waals surface area contributed by atoms with E-state index in [9.17, 15) is 35.6 Å². The maximum absolute atomic E-state index is 13.7. The van der Waals surface area contributed by atoms with E-state index in [1.54, 1.807) is 6.07 Å². The standard InChI is InChI=1S/C30H25BrF4N2O6S/c1-36-28(38)25-20-12-19(15-4-5-15)22(13-23(20)43-27(25)16-6-9-18(32)10-7-16)37(44(3,40)41)14-17-8-11-21(30(33,34)35)26(31)24(17)29(39)42-2/h6-13,15H,4-5,14H2,1-3H3,(H,36,38). The number of anilines is 1. The molecule has 8 nitrogen and oxygen atoms in total. The summed E-state index contributed by atoms with van der Waals surface area (Å²) in [6, 6.07) is 10.2. The molecule has 0 aliphatic heterocycles. The third-order valence-corrected chi connectivity index (χ3v) is 9.27. The fraction of sp³-hybridized carbons (Fsp3) is 0.267. The number of alkyl halides is 3. The third-order valence-electron chi connectivity index (χ3n) is 7.32. The van der Waals surface area contributed by atoms with Gasteiger partial charge in [0.2, 0.25) is 10.0 Å². The van der Waals surface area contributed by atoms with Crippen LogP contribution in [0.25, 0.3) is 22.3 Å². The summed E-state index contributed by atoms with van der Waals surface area (Å²) in [5.41, 5.74) is -0.149. The molecule has 3 aromatic carbocycles. The van der Waals surface area contributed by atoms with Crippen molar-refractivity contribution in [2.45, 2.75) is 31.5 Å². The number of nitrogens with one attached hydrogen (secondary N) is 1. The first-order valence-corrected chi connectivity index (χ1v) is 15.8. The SMILES string of the molecule is CNC(=O)c1c(-c2ccc(F)cc2)oc2cc(N(Cc3ccc(C(F)(F)F)c(Br)c3C(=O)OC)S(C)(=O)=O)c(C3CC3)cc12. The fourth-order valence-corrected chi connectivity index (χ4v) is 6.73. The number of methoxy groups -OCH3 is 1. The van der Waals surface area contributed by atoms with Gasteiger partial charge in [0.25, 0.3) is 5.91 Å². The summed E-state index contributed by atoms with van der Waals surface area (Å²) in [7, 11) is -1.67. The molecule has 1 N–H and O–H groups in total. The van der Waals surface area contributed by atoms with Crippen LogP contribution in [-0.2, 0) is 27.5 Å². The average molecular weight is 698 g/mol. The highest BCUT2D eigenvalue weighted by atomic mass is 79.9. The Hall–Kier alpha value is -3.91. The smallest absolute Gasteiger partial charge is 0.417 e. The number of carbonyl (C=O) groups excluding carboxylic acids is 2. The van der Waals surface area contributed by atoms with Crippen LogP contribution >= 0.6 is 15.9 Å². The third kappa shape index (κ3) is 5.92. The van der Waals surface area contributed by atoms with E-state index in [-0.39, 0.29) is 34.1 Å². The van der Waals surface area contributed by atoms with Crippen molar-refractivity contribution in [2.75, 3.05) is 24.7 Å². The molecule has 1 aliphatic rings. The fourth-order valence-electron chi connectivity index (χ4n) is 5.07. The zero-order valence-electron chi connectivity index (χ0n) is 23.5. The monoisotopic (exact) mass is 696 g/mol. The van der Waals surface area contributed by atoms with Gasteiger partial charge in [0.1, 0.15) is 17.2 Å². The van der Waals surface area contributed by atoms with Crippen LogP contribution in [0.2, 0.25) is 0 Å². The van der Waals surface area contributed by atoms with Crippen LogP contribution in [0.4, 0.5) is 23.2 Å². The highest BCUT2D eigenvalue weighted by Gasteiger charge is 2.37. The molecule has 0 radical (unpaired) electrons. The number of ether oxygens (including phenoxy) is 1. The Morgan fingerprint density at radius 1 is 1.09 bits per heavy atom. The van der Waals surface area contributed by atoms with E-state index in [1.807, 2.05) is 0 Å². The molecule has 0 unspecified atom stereocenters. The number of carbonyl (C=O) groups is 2. The van der Waals surface area contributed by atoms with Crippen molar-refractivity contribution in [3.63, 3.8) is 0 Å². The van der Waals surface area contributed by atoms with E-state index >= 15 is 0 Å². The first-order valence-electron chi connectivity index (χ1n) is 13.2. The van der Waals surface area contributed by atoms with Crippen LogP contribution in [0, 0.1) is 5.82 Å². The van der Waals surface area contributed by atoms with Gasteiger partial charge in [-0.15, -0.1) is 0 Å². The first-order chi connectivity index (χ1) is 20.6. The largest absolute Gasteiger partial charge is 0.465 e. The average Bonchev–Trinajstić information content (AvgIpc) is 3.74. The molecule has 0 saturated heterocycles. The lowest BCUT2D eigenvalue weighted by Gasteiger charge is -2.26. The number of benzene rings is 3. The van der Waals surface area contributed by atoms with Crippen LogP contribution in [0.1, 0.15) is 56.2 Å². The number of rotatable bonds is 8. The number of fused-ring (bicyclic) bond motifs is 1. The van der Waals surface area contributed by atoms with Crippen molar-refractivity contribution in [3.8, 4) is 11.3 Å².